The van der Waals surface area contributed by atoms with E-state index in [0.29, 0.717) is 18.0 Å². The lowest BCUT2D eigenvalue weighted by Crippen LogP contribution is -2.29. The number of nitrogens with one attached hydrogen (secondary N) is 1. The molecule has 2 aromatic heterocycles. The normalized spacial score (nSPS) is 16.0. The zero-order valence-corrected chi connectivity index (χ0v) is 16.6. The number of nitrogens with zero attached hydrogens (tertiary/aromatic N) is 5. The van der Waals surface area contributed by atoms with Crippen LogP contribution in [0, 0.1) is 0 Å². The van der Waals surface area contributed by atoms with Crippen molar-refractivity contribution in [1.29, 1.82) is 0 Å². The molecule has 2 aromatic carbocycles. The van der Waals surface area contributed by atoms with Crippen LogP contribution >= 0.6 is 11.6 Å². The molecule has 29 heavy (non-hydrogen) atoms. The maximum atomic E-state index is 13.2. The number of aromatic nitrogens is 5. The zero-order chi connectivity index (χ0) is 20.0. The lowest BCUT2D eigenvalue weighted by atomic mass is 10.0. The van der Waals surface area contributed by atoms with E-state index in [4.69, 9.17) is 11.6 Å². The van der Waals surface area contributed by atoms with E-state index in [1.807, 2.05) is 65.2 Å². The van der Waals surface area contributed by atoms with Crippen molar-refractivity contribution in [2.45, 2.75) is 32.5 Å². The molecule has 1 amide bonds. The van der Waals surface area contributed by atoms with E-state index in [1.54, 1.807) is 0 Å². The van der Waals surface area contributed by atoms with Crippen LogP contribution in [0.4, 0.5) is 0 Å². The van der Waals surface area contributed by atoms with Crippen LogP contribution in [-0.4, -0.2) is 36.0 Å². The van der Waals surface area contributed by atoms with E-state index in [9.17, 15) is 4.79 Å². The Morgan fingerprint density at radius 1 is 1.21 bits per heavy atom. The van der Waals surface area contributed by atoms with Crippen molar-refractivity contribution in [1.82, 2.24) is 30.1 Å². The molecule has 0 saturated heterocycles. The fraction of sp³-hybridized carbons (Fsp3) is 0.238. The largest absolute Gasteiger partial charge is 0.327 e. The van der Waals surface area contributed by atoms with Gasteiger partial charge in [0.05, 0.1) is 22.3 Å². The Balaban J connectivity index is 1.51. The van der Waals surface area contributed by atoms with Gasteiger partial charge in [0, 0.05) is 31.3 Å². The number of hydrogen-bond acceptors (Lipinski definition) is 4. The molecule has 0 bridgehead atoms. The molecule has 146 valence electrons. The Morgan fingerprint density at radius 3 is 2.90 bits per heavy atom. The van der Waals surface area contributed by atoms with Crippen LogP contribution in [0.2, 0.25) is 5.02 Å². The van der Waals surface area contributed by atoms with Crippen molar-refractivity contribution < 1.29 is 4.79 Å². The Morgan fingerprint density at radius 2 is 2.07 bits per heavy atom. The topological polar surface area (TPSA) is 79.7 Å². The van der Waals surface area contributed by atoms with E-state index in [1.165, 1.54) is 0 Å². The summed E-state index contributed by atoms with van der Waals surface area (Å²) in [5.74, 6) is 0.0249. The van der Waals surface area contributed by atoms with Crippen LogP contribution in [0.3, 0.4) is 0 Å². The minimum absolute atomic E-state index is 0.0249. The summed E-state index contributed by atoms with van der Waals surface area (Å²) in [6, 6.07) is 13.5. The van der Waals surface area contributed by atoms with Gasteiger partial charge in [0.15, 0.2) is 0 Å². The summed E-state index contributed by atoms with van der Waals surface area (Å²) < 4.78 is 1.82. The molecule has 1 aliphatic heterocycles. The summed E-state index contributed by atoms with van der Waals surface area (Å²) in [6.45, 7) is 3.25. The molecule has 1 atom stereocenters. The van der Waals surface area contributed by atoms with Gasteiger partial charge < -0.3 is 4.90 Å². The van der Waals surface area contributed by atoms with Gasteiger partial charge in [-0.15, -0.1) is 5.10 Å². The molecular formula is C21H19ClN6O. The minimum Gasteiger partial charge on any atom is -0.327 e. The SMILES string of the molecule is CCn1cc(Cl)c(CC2c3ccccc3C(=O)N2Cc2ccc3[nH]nnc3c2)n1. The van der Waals surface area contributed by atoms with Crippen LogP contribution in [0.5, 0.6) is 0 Å². The number of amides is 1. The molecule has 4 aromatic rings. The number of H-pyrrole nitrogens is 1. The predicted molar refractivity (Wildman–Crippen MR) is 110 cm³/mol. The Bertz CT molecular complexity index is 1210. The molecule has 1 unspecified atom stereocenters. The average molecular weight is 407 g/mol. The van der Waals surface area contributed by atoms with Crippen LogP contribution in [-0.2, 0) is 19.5 Å². The fourth-order valence-corrected chi connectivity index (χ4v) is 4.18. The highest BCUT2D eigenvalue weighted by Crippen LogP contribution is 2.38. The highest BCUT2D eigenvalue weighted by atomic mass is 35.5. The third-order valence-corrected chi connectivity index (χ3v) is 5.74. The molecule has 7 nitrogen and oxygen atoms in total. The molecule has 3 heterocycles. The monoisotopic (exact) mass is 406 g/mol. The first-order valence-corrected chi connectivity index (χ1v) is 9.93. The smallest absolute Gasteiger partial charge is 0.255 e. The number of carbonyl (C=O) groups excluding carboxylic acids is 1. The van der Waals surface area contributed by atoms with Crippen LogP contribution in [0.1, 0.15) is 40.1 Å². The highest BCUT2D eigenvalue weighted by Gasteiger charge is 2.37. The number of benzene rings is 2. The third-order valence-electron chi connectivity index (χ3n) is 5.43. The zero-order valence-electron chi connectivity index (χ0n) is 15.8. The first-order chi connectivity index (χ1) is 14.1. The van der Waals surface area contributed by atoms with E-state index >= 15 is 0 Å². The molecule has 0 fully saturated rings. The molecule has 0 radical (unpaired) electrons. The summed E-state index contributed by atoms with van der Waals surface area (Å²) in [5, 5.41) is 16.0. The van der Waals surface area contributed by atoms with Gasteiger partial charge >= 0.3 is 0 Å². The number of rotatable bonds is 5. The Labute approximate surface area is 172 Å². The van der Waals surface area contributed by atoms with Crippen molar-refractivity contribution >= 4 is 28.5 Å². The molecule has 5 rings (SSSR count). The molecule has 0 saturated carbocycles. The van der Waals surface area contributed by atoms with Gasteiger partial charge in [-0.25, -0.2) is 0 Å². The van der Waals surface area contributed by atoms with Crippen LogP contribution < -0.4 is 0 Å². The predicted octanol–water partition coefficient (Wildman–Crippen LogP) is 3.77. The van der Waals surface area contributed by atoms with Gasteiger partial charge in [-0.2, -0.15) is 5.10 Å². The van der Waals surface area contributed by atoms with Crippen molar-refractivity contribution in [2.75, 3.05) is 0 Å². The molecule has 8 heteroatoms. The summed E-state index contributed by atoms with van der Waals surface area (Å²) in [7, 11) is 0. The van der Waals surface area contributed by atoms with Gasteiger partial charge in [0.25, 0.3) is 5.91 Å². The first-order valence-electron chi connectivity index (χ1n) is 9.55. The standard InChI is InChI=1S/C21H19ClN6O/c1-2-27-12-16(22)18(25-27)10-20-14-5-3-4-6-15(14)21(29)28(20)11-13-7-8-17-19(9-13)24-26-23-17/h3-9,12,20H,2,10-11H2,1H3,(H,23,24,26). The number of carbonyl (C=O) groups is 1. The second-order valence-corrected chi connectivity index (χ2v) is 7.59. The Kier molecular flexibility index (Phi) is 4.32. The third kappa shape index (κ3) is 3.07. The van der Waals surface area contributed by atoms with Crippen molar-refractivity contribution in [3.05, 3.63) is 76.1 Å². The van der Waals surface area contributed by atoms with E-state index in [-0.39, 0.29) is 11.9 Å². The van der Waals surface area contributed by atoms with Gasteiger partial charge in [-0.05, 0) is 36.2 Å². The molecule has 1 aliphatic rings. The maximum Gasteiger partial charge on any atom is 0.255 e. The average Bonchev–Trinajstić information content (AvgIpc) is 3.41. The first kappa shape index (κ1) is 17.9. The molecular weight excluding hydrogens is 388 g/mol. The number of aryl methyl sites for hydroxylation is 1. The summed E-state index contributed by atoms with van der Waals surface area (Å²) >= 11 is 6.42. The van der Waals surface area contributed by atoms with E-state index < -0.39 is 0 Å². The quantitative estimate of drug-likeness (QED) is 0.547. The maximum absolute atomic E-state index is 13.2. The molecule has 0 aliphatic carbocycles. The van der Waals surface area contributed by atoms with Crippen molar-refractivity contribution in [3.63, 3.8) is 0 Å². The summed E-state index contributed by atoms with van der Waals surface area (Å²) in [4.78, 5) is 15.1. The van der Waals surface area contributed by atoms with Crippen molar-refractivity contribution in [3.8, 4) is 0 Å². The van der Waals surface area contributed by atoms with E-state index in [0.717, 1.165) is 40.0 Å². The van der Waals surface area contributed by atoms with Crippen LogP contribution in [0.15, 0.2) is 48.7 Å². The second-order valence-electron chi connectivity index (χ2n) is 7.18. The van der Waals surface area contributed by atoms with Gasteiger partial charge in [0.1, 0.15) is 5.52 Å². The van der Waals surface area contributed by atoms with Crippen molar-refractivity contribution in [2.24, 2.45) is 0 Å². The number of halogens is 1. The summed E-state index contributed by atoms with van der Waals surface area (Å²) in [5.41, 5.74) is 5.22. The number of fused-ring (bicyclic) bond motifs is 2. The molecule has 0 spiro atoms. The highest BCUT2D eigenvalue weighted by molar-refractivity contribution is 6.31. The van der Waals surface area contributed by atoms with E-state index in [2.05, 4.69) is 20.5 Å². The summed E-state index contributed by atoms with van der Waals surface area (Å²) in [6.07, 6.45) is 2.41. The number of hydrogen-bond donors (Lipinski definition) is 1. The van der Waals surface area contributed by atoms with Gasteiger partial charge in [-0.1, -0.05) is 41.1 Å². The lowest BCUT2D eigenvalue weighted by Gasteiger charge is -2.25. The fourth-order valence-electron chi connectivity index (χ4n) is 3.95. The van der Waals surface area contributed by atoms with Gasteiger partial charge in [-0.3, -0.25) is 14.6 Å². The Hall–Kier alpha value is -3.19. The minimum atomic E-state index is -0.121. The lowest BCUT2D eigenvalue weighted by molar-refractivity contribution is 0.0708. The van der Waals surface area contributed by atoms with Gasteiger partial charge in [0.2, 0.25) is 0 Å². The number of aromatic amines is 1. The molecule has 1 N–H and O–H groups in total. The van der Waals surface area contributed by atoms with Crippen LogP contribution in [0.25, 0.3) is 11.0 Å². The second kappa shape index (κ2) is 7.00.